The number of likely N-dealkylation sites (N-methyl/N-ethyl adjacent to an activating group) is 2. The lowest BCUT2D eigenvalue weighted by Crippen LogP contribution is -2.34. The average molecular weight is 1800 g/mol. The number of pyridine rings is 3. The number of nitrogens with two attached hydrogens (primary N) is 1. The highest BCUT2D eigenvalue weighted by atomic mass is 127. The smallest absolute Gasteiger partial charge is 0.337 e. The number of carboxylic acid groups (broad SMARTS) is 1. The number of hydrogen-bond donors (Lipinski definition) is 8. The number of hydrogen-bond acceptors (Lipinski definition) is 16. The Balaban J connectivity index is 0.000000223. The van der Waals surface area contributed by atoms with E-state index in [-0.39, 0.29) is 47.6 Å². The molecule has 0 aliphatic carbocycles. The van der Waals surface area contributed by atoms with Gasteiger partial charge in [0.05, 0.1) is 110 Å². The van der Waals surface area contributed by atoms with E-state index in [9.17, 15) is 41.1 Å². The molecule has 0 fully saturated rings. The lowest BCUT2D eigenvalue weighted by Gasteiger charge is -2.19. The van der Waals surface area contributed by atoms with Crippen molar-refractivity contribution < 1.29 is 45.8 Å². The summed E-state index contributed by atoms with van der Waals surface area (Å²) in [7, 11) is -3.71. The maximum absolute atomic E-state index is 13.3. The maximum Gasteiger partial charge on any atom is 0.337 e. The van der Waals surface area contributed by atoms with Gasteiger partial charge in [0.2, 0.25) is 20.0 Å². The Morgan fingerprint density at radius 3 is 1.43 bits per heavy atom. The predicted octanol–water partition coefficient (Wildman–Crippen LogP) is 14.4. The first-order valence-corrected chi connectivity index (χ1v) is 38.1. The van der Waals surface area contributed by atoms with Crippen molar-refractivity contribution in [2.24, 2.45) is 0 Å². The summed E-state index contributed by atoms with van der Waals surface area (Å²) >= 11 is 13.2. The van der Waals surface area contributed by atoms with Crippen molar-refractivity contribution >= 4 is 236 Å². The number of ether oxygens (including phenoxy) is 2. The summed E-state index contributed by atoms with van der Waals surface area (Å²) in [4.78, 5) is 67.0. The van der Waals surface area contributed by atoms with Crippen LogP contribution in [0.15, 0.2) is 150 Å². The molecule has 30 heteroatoms. The number of nitrogens with one attached hydrogen (secondary N) is 6. The summed E-state index contributed by atoms with van der Waals surface area (Å²) in [6, 6.07) is 42.8. The molecule has 0 aliphatic rings. The molecule has 0 aliphatic heterocycles. The number of para-hydroxylation sites is 6. The minimum Gasteiger partial charge on any atom is -0.495 e. The second-order valence-electron chi connectivity index (χ2n) is 22.0. The van der Waals surface area contributed by atoms with Gasteiger partial charge in [0.15, 0.2) is 5.43 Å². The van der Waals surface area contributed by atoms with Crippen molar-refractivity contribution in [2.45, 2.75) is 27.7 Å². The highest BCUT2D eigenvalue weighted by Crippen LogP contribution is 2.40. The van der Waals surface area contributed by atoms with Crippen molar-refractivity contribution in [3.05, 3.63) is 188 Å². The summed E-state index contributed by atoms with van der Waals surface area (Å²) in [5.41, 5.74) is 13.2. The molecule has 22 nitrogen and oxygen atoms in total. The molecule has 100 heavy (non-hydrogen) atoms. The SMILES string of the molecule is CCN(CC)CCNC(=O)c1cccc2c(Cl)c3cccc(I)c3nc12.CCN(CC)CCNC(=O)c1cccc2c(Nc3ccc(NS(C)(=O)=O)cc3OC)c3cccc(I)c3nc12.COc1cc(NS(C)(=O)=O)ccc1N.Cl.Cl.O=C(O)c1cccc2c(=O)c3cccc(I)c3[nH]c12. The zero-order chi connectivity index (χ0) is 71.2. The van der Waals surface area contributed by atoms with E-state index < -0.39 is 26.0 Å². The van der Waals surface area contributed by atoms with Gasteiger partial charge in [0, 0.05) is 81.3 Å². The van der Waals surface area contributed by atoms with E-state index in [0.717, 1.165) is 101 Å². The van der Waals surface area contributed by atoms with Gasteiger partial charge in [0.25, 0.3) is 11.8 Å². The number of sulfonamides is 2. The first-order valence-electron chi connectivity index (χ1n) is 30.7. The van der Waals surface area contributed by atoms with Crippen molar-refractivity contribution in [1.82, 2.24) is 35.4 Å². The monoisotopic (exact) mass is 1800 g/mol. The lowest BCUT2D eigenvalue weighted by atomic mass is 10.0. The second kappa shape index (κ2) is 37.0. The first-order chi connectivity index (χ1) is 46.7. The van der Waals surface area contributed by atoms with Crippen molar-refractivity contribution in [2.75, 3.05) is 99.6 Å². The molecule has 3 heterocycles. The van der Waals surface area contributed by atoms with E-state index in [4.69, 9.17) is 36.8 Å². The van der Waals surface area contributed by atoms with Crippen LogP contribution in [0.4, 0.5) is 28.4 Å². The van der Waals surface area contributed by atoms with Crippen LogP contribution in [0.3, 0.4) is 0 Å². The number of nitrogen functional groups attached to an aromatic ring is 1. The number of methoxy groups -OCH3 is 2. The molecule has 9 N–H and O–H groups in total. The summed E-state index contributed by atoms with van der Waals surface area (Å²) in [5, 5.41) is 23.7. The highest BCUT2D eigenvalue weighted by Gasteiger charge is 2.21. The van der Waals surface area contributed by atoms with Crippen LogP contribution >= 0.6 is 104 Å². The van der Waals surface area contributed by atoms with E-state index in [2.05, 4.69) is 136 Å². The molecule has 0 saturated carbocycles. The van der Waals surface area contributed by atoms with Crippen molar-refractivity contribution in [3.63, 3.8) is 0 Å². The summed E-state index contributed by atoms with van der Waals surface area (Å²) in [6.07, 6.45) is 2.18. The van der Waals surface area contributed by atoms with Gasteiger partial charge in [-0.25, -0.2) is 31.6 Å². The molecule has 11 rings (SSSR count). The molecular weight excluding hydrogens is 1720 g/mol. The molecule has 0 spiro atoms. The van der Waals surface area contributed by atoms with Crippen LogP contribution in [0.5, 0.6) is 11.5 Å². The fourth-order valence-electron chi connectivity index (χ4n) is 10.6. The van der Waals surface area contributed by atoms with E-state index in [1.54, 1.807) is 60.7 Å². The van der Waals surface area contributed by atoms with Gasteiger partial charge in [-0.3, -0.25) is 23.8 Å². The standard InChI is InChI=1S/C28H32IN5O4S.C20H21ClIN3O.C14H8INO3.C8H12N2O3S.2ClH/c1-5-34(6-2)16-15-30-28(35)21-11-7-9-19-25(20-10-8-12-22(29)27(20)32-26(19)21)31-23-14-13-18(17-24(23)38-3)33-39(4,36)37;1-3-25(4-2)12-11-23-20(26)15-9-5-7-13-17(21)14-8-6-10-16(22)19(14)24-18(13)15;15-10-6-2-4-8-12(10)16-11-7(13(8)17)3-1-5-9(11)14(18)19;1-13-8-5-6(3-4-7(8)9)10-14(2,11)12;;/h7-14,17,33H,5-6,15-16H2,1-4H3,(H,30,35)(H,31,32);5-10H,3-4,11-12H2,1-2H3,(H,23,26);1-6H,(H,16,17)(H,18,19);3-5,10H,9H2,1-2H3;2*1H. The number of carboxylic acids is 1. The van der Waals surface area contributed by atoms with Crippen LogP contribution in [0, 0.1) is 10.7 Å². The minimum atomic E-state index is -3.44. The molecule has 8 aromatic carbocycles. The third-order valence-corrected chi connectivity index (χ3v) is 19.8. The van der Waals surface area contributed by atoms with Crippen LogP contribution in [-0.4, -0.2) is 144 Å². The number of aromatic carboxylic acids is 1. The van der Waals surface area contributed by atoms with Gasteiger partial charge in [-0.1, -0.05) is 100.0 Å². The Morgan fingerprint density at radius 1 is 0.550 bits per heavy atom. The largest absolute Gasteiger partial charge is 0.495 e. The fourth-order valence-corrected chi connectivity index (χ4v) is 13.9. The molecule has 3 aromatic heterocycles. The van der Waals surface area contributed by atoms with E-state index in [1.807, 2.05) is 72.8 Å². The van der Waals surface area contributed by atoms with Crippen molar-refractivity contribution in [3.8, 4) is 11.5 Å². The van der Waals surface area contributed by atoms with E-state index in [0.29, 0.717) is 96.3 Å². The Hall–Kier alpha value is -7.34. The number of halogens is 6. The number of amides is 2. The molecule has 0 atom stereocenters. The number of anilines is 5. The zero-order valence-corrected chi connectivity index (χ0v) is 66.0. The molecule has 530 valence electrons. The topological polar surface area (TPSA) is 309 Å². The number of fused-ring (bicyclic) bond motifs is 6. The van der Waals surface area contributed by atoms with Crippen LogP contribution in [0.2, 0.25) is 5.02 Å². The Morgan fingerprint density at radius 2 is 0.950 bits per heavy atom. The van der Waals surface area contributed by atoms with E-state index >= 15 is 0 Å². The van der Waals surface area contributed by atoms with Gasteiger partial charge in [-0.15, -0.1) is 24.8 Å². The molecule has 11 aromatic rings. The van der Waals surface area contributed by atoms with Crippen LogP contribution in [-0.2, 0) is 20.0 Å². The van der Waals surface area contributed by atoms with Crippen molar-refractivity contribution in [1.29, 1.82) is 0 Å². The third-order valence-electron chi connectivity index (χ3n) is 15.6. The Kier molecular flexibility index (Phi) is 30.2. The summed E-state index contributed by atoms with van der Waals surface area (Å²) in [5.74, 6) is -0.440. The molecule has 0 radical (unpaired) electrons. The highest BCUT2D eigenvalue weighted by molar-refractivity contribution is 14.1. The molecule has 0 unspecified atom stereocenters. The Bertz CT molecular complexity index is 5120. The quantitative estimate of drug-likeness (QED) is 0.0188. The summed E-state index contributed by atoms with van der Waals surface area (Å²) < 4.78 is 63.4. The fraction of sp³-hybridized carbons (Fsp3) is 0.229. The van der Waals surface area contributed by atoms with Gasteiger partial charge in [-0.2, -0.15) is 0 Å². The normalized spacial score (nSPS) is 11.1. The maximum atomic E-state index is 13.3. The predicted molar refractivity (Wildman–Crippen MR) is 436 cm³/mol. The number of carbonyl (C=O) groups excluding carboxylic acids is 2. The molecule has 0 bridgehead atoms. The van der Waals surface area contributed by atoms with E-state index in [1.165, 1.54) is 26.4 Å². The first kappa shape index (κ1) is 81.6. The zero-order valence-electron chi connectivity index (χ0n) is 55.6. The number of carbonyl (C=O) groups is 3. The van der Waals surface area contributed by atoms with Gasteiger partial charge < -0.3 is 51.0 Å². The second-order valence-corrected chi connectivity index (χ2v) is 29.4. The molecular formula is C70H75Cl3I3N11O11S2. The van der Waals surface area contributed by atoms with Gasteiger partial charge in [-0.05, 0) is 167 Å². The molecule has 2 amide bonds. The average Bonchev–Trinajstić information content (AvgIpc) is 0.764. The van der Waals surface area contributed by atoms with Crippen LogP contribution in [0.25, 0.3) is 65.4 Å². The number of aromatic amines is 1. The van der Waals surface area contributed by atoms with Gasteiger partial charge >= 0.3 is 5.97 Å². The number of benzene rings is 8. The number of rotatable bonds is 21. The number of H-pyrrole nitrogens is 1. The van der Waals surface area contributed by atoms with Crippen LogP contribution < -0.4 is 46.0 Å². The third kappa shape index (κ3) is 20.5. The minimum absolute atomic E-state index is 0. The molecule has 0 saturated heterocycles. The Labute approximate surface area is 638 Å². The number of nitrogens with zero attached hydrogens (tertiary/aromatic N) is 4. The number of aromatic nitrogens is 3. The van der Waals surface area contributed by atoms with Gasteiger partial charge in [0.1, 0.15) is 11.5 Å². The summed E-state index contributed by atoms with van der Waals surface area (Å²) in [6.45, 7) is 15.0. The lowest BCUT2D eigenvalue weighted by molar-refractivity contribution is 0.0698. The van der Waals surface area contributed by atoms with Crippen LogP contribution in [0.1, 0.15) is 58.8 Å².